The number of alkyl halides is 3. The van der Waals surface area contributed by atoms with E-state index in [9.17, 15) is 18.3 Å². The molecule has 1 unspecified atom stereocenters. The molecule has 0 saturated carbocycles. The van der Waals surface area contributed by atoms with Gasteiger partial charge in [0.05, 0.1) is 11.7 Å². The summed E-state index contributed by atoms with van der Waals surface area (Å²) in [5.41, 5.74) is 0.0231. The highest BCUT2D eigenvalue weighted by atomic mass is 79.9. The van der Waals surface area contributed by atoms with Gasteiger partial charge in [-0.05, 0) is 51.5 Å². The Morgan fingerprint density at radius 1 is 1.10 bits per heavy atom. The van der Waals surface area contributed by atoms with Crippen LogP contribution in [0.2, 0.25) is 0 Å². The molecule has 20 heavy (non-hydrogen) atoms. The maximum atomic E-state index is 12.4. The number of halogens is 4. The topological polar surface area (TPSA) is 20.2 Å². The van der Waals surface area contributed by atoms with Gasteiger partial charge in [0.15, 0.2) is 0 Å². The third-order valence-corrected chi connectivity index (χ3v) is 4.81. The molecule has 2 aromatic rings. The lowest BCUT2D eigenvalue weighted by atomic mass is 10.0. The summed E-state index contributed by atoms with van der Waals surface area (Å²) >= 11 is 4.92. The van der Waals surface area contributed by atoms with Crippen molar-refractivity contribution in [2.75, 3.05) is 0 Å². The van der Waals surface area contributed by atoms with Gasteiger partial charge in [-0.2, -0.15) is 13.2 Å². The fraction of sp³-hybridized carbons (Fsp3) is 0.286. The minimum atomic E-state index is -4.32. The molecule has 1 heterocycles. The SMILES string of the molecule is OC(Cc1ccc(C(F)(F)F)cc1)Cc1sccc1Br. The summed E-state index contributed by atoms with van der Waals surface area (Å²) in [7, 11) is 0. The lowest BCUT2D eigenvalue weighted by Gasteiger charge is -2.11. The van der Waals surface area contributed by atoms with E-state index in [1.54, 1.807) is 0 Å². The van der Waals surface area contributed by atoms with Crippen LogP contribution in [0.5, 0.6) is 0 Å². The maximum Gasteiger partial charge on any atom is 0.416 e. The Kier molecular flexibility index (Phi) is 4.88. The third kappa shape index (κ3) is 4.07. The fourth-order valence-electron chi connectivity index (χ4n) is 1.86. The zero-order valence-electron chi connectivity index (χ0n) is 10.3. The molecule has 2 rings (SSSR count). The van der Waals surface area contributed by atoms with Crippen LogP contribution in [0.3, 0.4) is 0 Å². The molecule has 1 atom stereocenters. The zero-order valence-corrected chi connectivity index (χ0v) is 12.7. The van der Waals surface area contributed by atoms with Crippen molar-refractivity contribution >= 4 is 27.3 Å². The molecule has 0 saturated heterocycles. The van der Waals surface area contributed by atoms with Gasteiger partial charge in [-0.3, -0.25) is 0 Å². The molecule has 0 aliphatic heterocycles. The molecule has 0 radical (unpaired) electrons. The van der Waals surface area contributed by atoms with E-state index in [0.717, 1.165) is 21.5 Å². The lowest BCUT2D eigenvalue weighted by molar-refractivity contribution is -0.137. The van der Waals surface area contributed by atoms with Gasteiger partial charge in [-0.25, -0.2) is 0 Å². The largest absolute Gasteiger partial charge is 0.416 e. The summed E-state index contributed by atoms with van der Waals surface area (Å²) in [6, 6.07) is 6.82. The standard InChI is InChI=1S/C14H12BrF3OS/c15-12-5-6-20-13(12)8-11(19)7-9-1-3-10(4-2-9)14(16,17)18/h1-6,11,19H,7-8H2. The monoisotopic (exact) mass is 364 g/mol. The van der Waals surface area contributed by atoms with Crippen LogP contribution in [0.1, 0.15) is 16.0 Å². The van der Waals surface area contributed by atoms with Gasteiger partial charge in [0.1, 0.15) is 0 Å². The number of hydrogen-bond acceptors (Lipinski definition) is 2. The van der Waals surface area contributed by atoms with Crippen LogP contribution >= 0.6 is 27.3 Å². The summed E-state index contributed by atoms with van der Waals surface area (Å²) in [6.07, 6.45) is -4.11. The molecule has 1 N–H and O–H groups in total. The molecule has 0 bridgehead atoms. The van der Waals surface area contributed by atoms with E-state index < -0.39 is 17.8 Å². The molecular formula is C14H12BrF3OS. The van der Waals surface area contributed by atoms with Crippen molar-refractivity contribution in [3.05, 3.63) is 56.2 Å². The highest BCUT2D eigenvalue weighted by Crippen LogP contribution is 2.29. The summed E-state index contributed by atoms with van der Waals surface area (Å²) in [4.78, 5) is 1.03. The molecule has 0 aliphatic rings. The second-order valence-electron chi connectivity index (χ2n) is 4.45. The molecular weight excluding hydrogens is 353 g/mol. The molecule has 0 fully saturated rings. The van der Waals surface area contributed by atoms with Gasteiger partial charge in [0.2, 0.25) is 0 Å². The fourth-order valence-corrected chi connectivity index (χ4v) is 3.45. The van der Waals surface area contributed by atoms with E-state index in [4.69, 9.17) is 0 Å². The first kappa shape index (κ1) is 15.5. The Morgan fingerprint density at radius 3 is 2.25 bits per heavy atom. The van der Waals surface area contributed by atoms with Gasteiger partial charge < -0.3 is 5.11 Å². The molecule has 1 aromatic heterocycles. The smallest absolute Gasteiger partial charge is 0.392 e. The van der Waals surface area contributed by atoms with Gasteiger partial charge >= 0.3 is 6.18 Å². The van der Waals surface area contributed by atoms with Crippen LogP contribution in [-0.2, 0) is 19.0 Å². The lowest BCUT2D eigenvalue weighted by Crippen LogP contribution is -2.13. The first-order valence-corrected chi connectivity index (χ1v) is 7.59. The summed E-state index contributed by atoms with van der Waals surface area (Å²) in [5, 5.41) is 11.9. The van der Waals surface area contributed by atoms with Crippen molar-refractivity contribution in [2.24, 2.45) is 0 Å². The molecule has 0 aliphatic carbocycles. The highest BCUT2D eigenvalue weighted by molar-refractivity contribution is 9.10. The minimum absolute atomic E-state index is 0.336. The van der Waals surface area contributed by atoms with Gasteiger partial charge in [0.25, 0.3) is 0 Å². The Bertz CT molecular complexity index is 563. The van der Waals surface area contributed by atoms with E-state index in [2.05, 4.69) is 15.9 Å². The van der Waals surface area contributed by atoms with Crippen LogP contribution in [0, 0.1) is 0 Å². The second kappa shape index (κ2) is 6.28. The van der Waals surface area contributed by atoms with Crippen molar-refractivity contribution in [2.45, 2.75) is 25.1 Å². The first-order chi connectivity index (χ1) is 9.36. The Hall–Kier alpha value is -0.850. The Balaban J connectivity index is 1.98. The molecule has 0 spiro atoms. The first-order valence-electron chi connectivity index (χ1n) is 5.92. The number of aliphatic hydroxyl groups excluding tert-OH is 1. The summed E-state index contributed by atoms with van der Waals surface area (Å²) < 4.78 is 38.2. The Morgan fingerprint density at radius 2 is 1.75 bits per heavy atom. The van der Waals surface area contributed by atoms with E-state index >= 15 is 0 Å². The number of aliphatic hydroxyl groups is 1. The third-order valence-electron chi connectivity index (χ3n) is 2.86. The van der Waals surface area contributed by atoms with Gasteiger partial charge in [-0.15, -0.1) is 11.3 Å². The maximum absolute atomic E-state index is 12.4. The predicted octanol–water partition coefficient (Wildman–Crippen LogP) is 4.68. The molecule has 0 amide bonds. The van der Waals surface area contributed by atoms with Crippen molar-refractivity contribution < 1.29 is 18.3 Å². The average molecular weight is 365 g/mol. The molecule has 6 heteroatoms. The van der Waals surface area contributed by atoms with Crippen LogP contribution < -0.4 is 0 Å². The van der Waals surface area contributed by atoms with E-state index in [1.807, 2.05) is 11.4 Å². The number of hydrogen-bond donors (Lipinski definition) is 1. The summed E-state index contributed by atoms with van der Waals surface area (Å²) in [6.45, 7) is 0. The predicted molar refractivity (Wildman–Crippen MR) is 76.9 cm³/mol. The van der Waals surface area contributed by atoms with Crippen LogP contribution in [0.4, 0.5) is 13.2 Å². The van der Waals surface area contributed by atoms with Crippen molar-refractivity contribution in [1.29, 1.82) is 0 Å². The Labute approximate surface area is 127 Å². The second-order valence-corrected chi connectivity index (χ2v) is 6.30. The van der Waals surface area contributed by atoms with Crippen molar-refractivity contribution in [3.8, 4) is 0 Å². The molecule has 1 nitrogen and oxygen atoms in total. The van der Waals surface area contributed by atoms with Gasteiger partial charge in [-0.1, -0.05) is 12.1 Å². The van der Waals surface area contributed by atoms with E-state index in [0.29, 0.717) is 18.4 Å². The molecule has 108 valence electrons. The van der Waals surface area contributed by atoms with Crippen LogP contribution in [0.15, 0.2) is 40.2 Å². The summed E-state index contributed by atoms with van der Waals surface area (Å²) in [5.74, 6) is 0. The highest BCUT2D eigenvalue weighted by Gasteiger charge is 2.29. The number of benzene rings is 1. The quantitative estimate of drug-likeness (QED) is 0.835. The number of rotatable bonds is 4. The minimum Gasteiger partial charge on any atom is -0.392 e. The van der Waals surface area contributed by atoms with Crippen molar-refractivity contribution in [3.63, 3.8) is 0 Å². The van der Waals surface area contributed by atoms with Crippen molar-refractivity contribution in [1.82, 2.24) is 0 Å². The number of thiophene rings is 1. The normalized spacial score (nSPS) is 13.4. The van der Waals surface area contributed by atoms with Crippen LogP contribution in [-0.4, -0.2) is 11.2 Å². The molecule has 1 aromatic carbocycles. The average Bonchev–Trinajstić information content (AvgIpc) is 2.74. The van der Waals surface area contributed by atoms with Gasteiger partial charge in [0, 0.05) is 15.8 Å². The van der Waals surface area contributed by atoms with Crippen LogP contribution in [0.25, 0.3) is 0 Å². The van der Waals surface area contributed by atoms with E-state index in [-0.39, 0.29) is 0 Å². The van der Waals surface area contributed by atoms with E-state index in [1.165, 1.54) is 23.5 Å². The zero-order chi connectivity index (χ0) is 14.8.